The third-order valence-electron chi connectivity index (χ3n) is 3.61. The van der Waals surface area contributed by atoms with Crippen LogP contribution in [0.5, 0.6) is 0 Å². The van der Waals surface area contributed by atoms with E-state index in [-0.39, 0.29) is 52.5 Å². The van der Waals surface area contributed by atoms with E-state index in [1.54, 1.807) is 0 Å². The molecule has 164 valence electrons. The van der Waals surface area contributed by atoms with Gasteiger partial charge in [0.05, 0.1) is 39.4 Å². The van der Waals surface area contributed by atoms with Gasteiger partial charge in [0.2, 0.25) is 5.91 Å². The summed E-state index contributed by atoms with van der Waals surface area (Å²) < 4.78 is 10.2. The van der Waals surface area contributed by atoms with Crippen molar-refractivity contribution in [2.24, 2.45) is 0 Å². The second-order valence-corrected chi connectivity index (χ2v) is 5.93. The molecule has 12 heteroatoms. The van der Waals surface area contributed by atoms with Crippen LogP contribution in [0.4, 0.5) is 0 Å². The maximum Gasteiger partial charge on any atom is 0.326 e. The first-order valence-corrected chi connectivity index (χ1v) is 8.94. The van der Waals surface area contributed by atoms with E-state index in [9.17, 15) is 19.5 Å². The second kappa shape index (κ2) is 16.2. The minimum Gasteiger partial charge on any atom is -0.480 e. The quantitative estimate of drug-likeness (QED) is 0.107. The number of hydrogen-bond acceptors (Lipinski definition) is 9. The van der Waals surface area contributed by atoms with Crippen LogP contribution in [0, 0.1) is 0 Å². The van der Waals surface area contributed by atoms with Crippen LogP contribution in [-0.2, 0) is 23.9 Å². The van der Waals surface area contributed by atoms with E-state index in [0.717, 1.165) is 0 Å². The molecule has 0 saturated carbocycles. The van der Waals surface area contributed by atoms with Crippen LogP contribution < -0.4 is 21.3 Å². The molecular weight excluding hydrogens is 376 g/mol. The molecule has 0 fully saturated rings. The molecule has 0 spiro atoms. The molecule has 1 atom stereocenters. The Labute approximate surface area is 164 Å². The van der Waals surface area contributed by atoms with Crippen LogP contribution in [-0.4, -0.2) is 112 Å². The number of amides is 1. The van der Waals surface area contributed by atoms with E-state index in [1.807, 2.05) is 0 Å². The number of carbonyl (C=O) groups excluding carboxylic acids is 1. The first-order valence-electron chi connectivity index (χ1n) is 8.94. The predicted octanol–water partition coefficient (Wildman–Crippen LogP) is -3.18. The van der Waals surface area contributed by atoms with Crippen molar-refractivity contribution in [2.75, 3.05) is 72.8 Å². The lowest BCUT2D eigenvalue weighted by Crippen LogP contribution is -2.59. The van der Waals surface area contributed by atoms with Crippen LogP contribution in [0.3, 0.4) is 0 Å². The zero-order valence-corrected chi connectivity index (χ0v) is 16.2. The summed E-state index contributed by atoms with van der Waals surface area (Å²) in [4.78, 5) is 34.2. The topological polar surface area (TPSA) is 178 Å². The number of aliphatic hydroxyl groups is 1. The van der Waals surface area contributed by atoms with E-state index in [2.05, 4.69) is 21.3 Å². The number of carbonyl (C=O) groups is 3. The third-order valence-corrected chi connectivity index (χ3v) is 3.61. The van der Waals surface area contributed by atoms with Gasteiger partial charge in [-0.1, -0.05) is 0 Å². The Balaban J connectivity index is 4.56. The Morgan fingerprint density at radius 2 is 1.64 bits per heavy atom. The summed E-state index contributed by atoms with van der Waals surface area (Å²) in [5, 5.41) is 38.0. The summed E-state index contributed by atoms with van der Waals surface area (Å²) >= 11 is 0. The van der Waals surface area contributed by atoms with Crippen molar-refractivity contribution < 1.29 is 39.2 Å². The molecule has 12 nitrogen and oxygen atoms in total. The molecule has 1 amide bonds. The number of rotatable bonds is 19. The average Bonchev–Trinajstić information content (AvgIpc) is 2.64. The summed E-state index contributed by atoms with van der Waals surface area (Å²) in [6.07, 6.45) is -0.366. The lowest BCUT2D eigenvalue weighted by atomic mass is 9.95. The number of ether oxygens (including phenoxy) is 2. The smallest absolute Gasteiger partial charge is 0.326 e. The highest BCUT2D eigenvalue weighted by molar-refractivity contribution is 5.88. The molecule has 1 unspecified atom stereocenters. The van der Waals surface area contributed by atoms with Crippen LogP contribution >= 0.6 is 0 Å². The van der Waals surface area contributed by atoms with Gasteiger partial charge in [0.25, 0.3) is 0 Å². The molecule has 0 rings (SSSR count). The summed E-state index contributed by atoms with van der Waals surface area (Å²) in [5.41, 5.74) is -1.63. The predicted molar refractivity (Wildman–Crippen MR) is 99.2 cm³/mol. The minimum atomic E-state index is -1.63. The Morgan fingerprint density at radius 1 is 0.964 bits per heavy atom. The van der Waals surface area contributed by atoms with Crippen molar-refractivity contribution in [3.8, 4) is 0 Å². The van der Waals surface area contributed by atoms with Gasteiger partial charge in [-0.3, -0.25) is 19.7 Å². The number of nitrogens with one attached hydrogen (secondary N) is 4. The normalized spacial score (nSPS) is 13.1. The molecule has 0 aromatic rings. The summed E-state index contributed by atoms with van der Waals surface area (Å²) in [6.45, 7) is 1.47. The average molecular weight is 408 g/mol. The highest BCUT2D eigenvalue weighted by atomic mass is 16.5. The maximum atomic E-state index is 12.0. The van der Waals surface area contributed by atoms with Crippen LogP contribution in [0.25, 0.3) is 0 Å². The van der Waals surface area contributed by atoms with Gasteiger partial charge in [-0.15, -0.1) is 0 Å². The zero-order chi connectivity index (χ0) is 21.3. The molecule has 0 bridgehead atoms. The number of carboxylic acids is 2. The number of methoxy groups -OCH3 is 1. The monoisotopic (exact) mass is 408 g/mol. The van der Waals surface area contributed by atoms with Crippen LogP contribution in [0.15, 0.2) is 0 Å². The lowest BCUT2D eigenvalue weighted by molar-refractivity contribution is -0.151. The van der Waals surface area contributed by atoms with Crippen molar-refractivity contribution in [2.45, 2.75) is 12.0 Å². The lowest BCUT2D eigenvalue weighted by Gasteiger charge is -2.30. The summed E-state index contributed by atoms with van der Waals surface area (Å²) in [7, 11) is 1.49. The molecule has 0 saturated heterocycles. The zero-order valence-electron chi connectivity index (χ0n) is 16.2. The molecule has 0 aromatic heterocycles. The molecular formula is C16H32N4O8. The fourth-order valence-electron chi connectivity index (χ4n) is 2.19. The van der Waals surface area contributed by atoms with Gasteiger partial charge in [0.1, 0.15) is 5.54 Å². The Morgan fingerprint density at radius 3 is 2.25 bits per heavy atom. The maximum absolute atomic E-state index is 12.0. The number of hydrogen-bond donors (Lipinski definition) is 7. The van der Waals surface area contributed by atoms with Crippen molar-refractivity contribution in [1.29, 1.82) is 0 Å². The molecule has 0 heterocycles. The minimum absolute atomic E-state index is 0.0317. The third kappa shape index (κ3) is 12.5. The number of aliphatic hydroxyl groups excluding tert-OH is 1. The van der Waals surface area contributed by atoms with E-state index >= 15 is 0 Å². The SMILES string of the molecule is COCCOCC(CC(=O)NCCO)(NCCNCCNCC(=O)O)C(=O)O. The van der Waals surface area contributed by atoms with E-state index < -0.39 is 23.4 Å². The molecule has 0 aromatic carbocycles. The van der Waals surface area contributed by atoms with Gasteiger partial charge in [0.15, 0.2) is 0 Å². The fraction of sp³-hybridized carbons (Fsp3) is 0.812. The van der Waals surface area contributed by atoms with E-state index in [1.165, 1.54) is 7.11 Å². The highest BCUT2D eigenvalue weighted by Gasteiger charge is 2.40. The molecule has 0 aliphatic rings. The number of aliphatic carboxylic acids is 2. The molecule has 0 aliphatic carbocycles. The first kappa shape index (κ1) is 26.2. The van der Waals surface area contributed by atoms with Crippen molar-refractivity contribution in [3.63, 3.8) is 0 Å². The van der Waals surface area contributed by atoms with Gasteiger partial charge < -0.3 is 40.7 Å². The van der Waals surface area contributed by atoms with E-state index in [4.69, 9.17) is 19.7 Å². The first-order chi connectivity index (χ1) is 13.4. The van der Waals surface area contributed by atoms with Gasteiger partial charge in [-0.05, 0) is 0 Å². The van der Waals surface area contributed by atoms with Gasteiger partial charge in [-0.2, -0.15) is 0 Å². The largest absolute Gasteiger partial charge is 0.480 e. The van der Waals surface area contributed by atoms with Crippen molar-refractivity contribution >= 4 is 17.8 Å². The molecule has 7 N–H and O–H groups in total. The Bertz CT molecular complexity index is 466. The Hall–Kier alpha value is -1.83. The van der Waals surface area contributed by atoms with E-state index in [0.29, 0.717) is 19.6 Å². The van der Waals surface area contributed by atoms with Crippen LogP contribution in [0.2, 0.25) is 0 Å². The van der Waals surface area contributed by atoms with Crippen molar-refractivity contribution in [1.82, 2.24) is 21.3 Å². The van der Waals surface area contributed by atoms with Crippen molar-refractivity contribution in [3.05, 3.63) is 0 Å². The second-order valence-electron chi connectivity index (χ2n) is 5.93. The molecule has 0 aliphatic heterocycles. The Kier molecular flexibility index (Phi) is 15.1. The van der Waals surface area contributed by atoms with Crippen LogP contribution in [0.1, 0.15) is 6.42 Å². The fourth-order valence-corrected chi connectivity index (χ4v) is 2.19. The number of carboxylic acid groups (broad SMARTS) is 2. The highest BCUT2D eigenvalue weighted by Crippen LogP contribution is 2.12. The molecule has 28 heavy (non-hydrogen) atoms. The summed E-state index contributed by atoms with van der Waals surface area (Å²) in [6, 6.07) is 0. The summed E-state index contributed by atoms with van der Waals surface area (Å²) in [5.74, 6) is -2.70. The van der Waals surface area contributed by atoms with Gasteiger partial charge in [-0.25, -0.2) is 0 Å². The standard InChI is InChI=1S/C16H32N4O8/c1-27-8-9-28-12-16(15(25)26,10-13(22)19-6-7-21)20-5-4-17-2-3-18-11-14(23)24/h17-18,20-21H,2-12H2,1H3,(H,19,22)(H,23,24)(H,25,26). The van der Waals surface area contributed by atoms with Gasteiger partial charge in [0, 0.05) is 39.8 Å². The molecule has 0 radical (unpaired) electrons. The van der Waals surface area contributed by atoms with Gasteiger partial charge >= 0.3 is 11.9 Å².